The van der Waals surface area contributed by atoms with Crippen LogP contribution in [-0.2, 0) is 0 Å². The van der Waals surface area contributed by atoms with Gasteiger partial charge >= 0.3 is 0 Å². The van der Waals surface area contributed by atoms with Gasteiger partial charge in [0.1, 0.15) is 5.52 Å². The van der Waals surface area contributed by atoms with Crippen molar-refractivity contribution in [1.82, 2.24) is 4.98 Å². The lowest BCUT2D eigenvalue weighted by atomic mass is 10.1. The Labute approximate surface area is 167 Å². The number of nitrogens with zero attached hydrogens (tertiary/aromatic N) is 2. The molecule has 142 valence electrons. The highest BCUT2D eigenvalue weighted by Gasteiger charge is 2.12. The summed E-state index contributed by atoms with van der Waals surface area (Å²) < 4.78 is 16.6. The molecule has 5 nitrogen and oxygen atoms in total. The summed E-state index contributed by atoms with van der Waals surface area (Å²) in [5, 5.41) is 0. The van der Waals surface area contributed by atoms with Crippen molar-refractivity contribution in [2.24, 2.45) is 4.99 Å². The Balaban J connectivity index is 1.34. The molecule has 1 aromatic heterocycles. The zero-order valence-corrected chi connectivity index (χ0v) is 15.8. The number of oxazole rings is 1. The van der Waals surface area contributed by atoms with E-state index in [1.165, 1.54) is 0 Å². The molecular weight excluding hydrogens is 364 g/mol. The number of aromatic nitrogens is 1. The molecule has 0 saturated heterocycles. The van der Waals surface area contributed by atoms with Gasteiger partial charge in [-0.25, -0.2) is 4.98 Å². The average molecular weight is 382 g/mol. The molecule has 0 fully saturated rings. The molecule has 5 rings (SSSR count). The van der Waals surface area contributed by atoms with Crippen molar-refractivity contribution in [1.29, 1.82) is 0 Å². The van der Waals surface area contributed by atoms with Crippen molar-refractivity contribution >= 4 is 29.1 Å². The monoisotopic (exact) mass is 382 g/mol. The number of benzene rings is 3. The number of aliphatic imine (C=N–C) groups is 1. The first-order valence-electron chi connectivity index (χ1n) is 9.33. The molecular formula is C24H18N2O3. The normalized spacial score (nSPS) is 13.1. The van der Waals surface area contributed by atoms with Crippen LogP contribution in [0.5, 0.6) is 11.5 Å². The summed E-state index contributed by atoms with van der Waals surface area (Å²) in [6, 6.07) is 19.6. The quantitative estimate of drug-likeness (QED) is 0.409. The van der Waals surface area contributed by atoms with Crippen LogP contribution in [-0.4, -0.2) is 18.0 Å². The van der Waals surface area contributed by atoms with E-state index in [0.717, 1.165) is 45.0 Å². The summed E-state index contributed by atoms with van der Waals surface area (Å²) in [6.07, 6.45) is 5.62. The number of aryl methyl sites for hydroxylation is 1. The summed E-state index contributed by atoms with van der Waals surface area (Å²) >= 11 is 0. The highest BCUT2D eigenvalue weighted by Crippen LogP contribution is 2.33. The van der Waals surface area contributed by atoms with Gasteiger partial charge in [-0.2, -0.15) is 0 Å². The predicted molar refractivity (Wildman–Crippen MR) is 114 cm³/mol. The van der Waals surface area contributed by atoms with E-state index in [2.05, 4.69) is 9.98 Å². The van der Waals surface area contributed by atoms with Gasteiger partial charge in [-0.3, -0.25) is 4.99 Å². The zero-order valence-electron chi connectivity index (χ0n) is 15.8. The standard InChI is InChI=1S/C24H18N2O3/c1-16-5-2-3-7-19(16)24-26-20-14-18(9-11-21(20)29-24)25-12-4-6-17-8-10-22-23(13-17)28-15-27-22/h2-14H,15H2,1H3. The Hall–Kier alpha value is -3.86. The molecule has 29 heavy (non-hydrogen) atoms. The Morgan fingerprint density at radius 3 is 2.79 bits per heavy atom. The lowest BCUT2D eigenvalue weighted by Crippen LogP contribution is -1.92. The Bertz CT molecular complexity index is 1250. The summed E-state index contributed by atoms with van der Waals surface area (Å²) in [7, 11) is 0. The minimum atomic E-state index is 0.278. The molecule has 2 heterocycles. The van der Waals surface area contributed by atoms with Gasteiger partial charge in [0.05, 0.1) is 5.69 Å². The smallest absolute Gasteiger partial charge is 0.231 e. The summed E-state index contributed by atoms with van der Waals surface area (Å²) in [5.74, 6) is 2.17. The fourth-order valence-electron chi connectivity index (χ4n) is 3.22. The number of rotatable bonds is 4. The number of fused-ring (bicyclic) bond motifs is 2. The minimum Gasteiger partial charge on any atom is -0.454 e. The van der Waals surface area contributed by atoms with E-state index in [-0.39, 0.29) is 6.79 Å². The first-order chi connectivity index (χ1) is 14.3. The highest BCUT2D eigenvalue weighted by molar-refractivity contribution is 5.84. The van der Waals surface area contributed by atoms with E-state index in [9.17, 15) is 0 Å². The van der Waals surface area contributed by atoms with Crippen molar-refractivity contribution in [2.45, 2.75) is 6.92 Å². The van der Waals surface area contributed by atoms with Crippen LogP contribution in [0.2, 0.25) is 0 Å². The third-order valence-electron chi connectivity index (χ3n) is 4.74. The second-order valence-corrected chi connectivity index (χ2v) is 6.74. The molecule has 0 bridgehead atoms. The molecule has 0 atom stereocenters. The lowest BCUT2D eigenvalue weighted by Gasteiger charge is -1.98. The fraction of sp³-hybridized carbons (Fsp3) is 0.0833. The van der Waals surface area contributed by atoms with Crippen molar-refractivity contribution < 1.29 is 13.9 Å². The van der Waals surface area contributed by atoms with Crippen LogP contribution < -0.4 is 9.47 Å². The molecule has 0 N–H and O–H groups in total. The van der Waals surface area contributed by atoms with Crippen LogP contribution in [0.15, 0.2) is 76.1 Å². The first kappa shape index (κ1) is 17.3. The lowest BCUT2D eigenvalue weighted by molar-refractivity contribution is 0.174. The second-order valence-electron chi connectivity index (χ2n) is 6.74. The van der Waals surface area contributed by atoms with Crippen LogP contribution >= 0.6 is 0 Å². The van der Waals surface area contributed by atoms with E-state index in [4.69, 9.17) is 13.9 Å². The average Bonchev–Trinajstić information content (AvgIpc) is 3.37. The van der Waals surface area contributed by atoms with E-state index in [0.29, 0.717) is 5.89 Å². The molecule has 1 aliphatic heterocycles. The summed E-state index contributed by atoms with van der Waals surface area (Å²) in [4.78, 5) is 9.12. The number of allylic oxidation sites excluding steroid dienone is 1. The third kappa shape index (κ3) is 3.50. The third-order valence-corrected chi connectivity index (χ3v) is 4.74. The largest absolute Gasteiger partial charge is 0.454 e. The Morgan fingerprint density at radius 1 is 0.966 bits per heavy atom. The maximum Gasteiger partial charge on any atom is 0.231 e. The SMILES string of the molecule is Cc1ccccc1-c1nc2cc(N=CC=Cc3ccc4c(c3)OCO4)ccc2o1. The fourth-order valence-corrected chi connectivity index (χ4v) is 3.22. The van der Waals surface area contributed by atoms with Crippen LogP contribution in [0.25, 0.3) is 28.6 Å². The molecule has 3 aromatic carbocycles. The first-order valence-corrected chi connectivity index (χ1v) is 9.33. The highest BCUT2D eigenvalue weighted by atomic mass is 16.7. The molecule has 0 radical (unpaired) electrons. The van der Waals surface area contributed by atoms with Gasteiger partial charge in [-0.15, -0.1) is 0 Å². The van der Waals surface area contributed by atoms with Crippen LogP contribution in [0.3, 0.4) is 0 Å². The molecule has 0 amide bonds. The number of hydrogen-bond donors (Lipinski definition) is 0. The number of ether oxygens (including phenoxy) is 2. The van der Waals surface area contributed by atoms with E-state index in [1.807, 2.05) is 79.7 Å². The van der Waals surface area contributed by atoms with E-state index in [1.54, 1.807) is 6.21 Å². The molecule has 4 aromatic rings. The molecule has 0 unspecified atom stereocenters. The number of hydrogen-bond acceptors (Lipinski definition) is 5. The molecule has 5 heteroatoms. The van der Waals surface area contributed by atoms with Gasteiger partial charge in [0, 0.05) is 11.8 Å². The Kier molecular flexibility index (Phi) is 4.33. The van der Waals surface area contributed by atoms with Crippen LogP contribution in [0.4, 0.5) is 5.69 Å². The summed E-state index contributed by atoms with van der Waals surface area (Å²) in [5.41, 5.74) is 5.51. The zero-order chi connectivity index (χ0) is 19.6. The maximum atomic E-state index is 5.91. The predicted octanol–water partition coefficient (Wildman–Crippen LogP) is 5.95. The summed E-state index contributed by atoms with van der Waals surface area (Å²) in [6.45, 7) is 2.33. The minimum absolute atomic E-state index is 0.278. The van der Waals surface area contributed by atoms with Gasteiger partial charge in [0.25, 0.3) is 0 Å². The molecule has 0 aliphatic carbocycles. The topological polar surface area (TPSA) is 56.9 Å². The van der Waals surface area contributed by atoms with E-state index < -0.39 is 0 Å². The van der Waals surface area contributed by atoms with E-state index >= 15 is 0 Å². The van der Waals surface area contributed by atoms with Gasteiger partial charge < -0.3 is 13.9 Å². The van der Waals surface area contributed by atoms with Crippen molar-refractivity contribution in [3.05, 3.63) is 77.9 Å². The van der Waals surface area contributed by atoms with Crippen molar-refractivity contribution in [3.8, 4) is 23.0 Å². The van der Waals surface area contributed by atoms with Gasteiger partial charge in [0.15, 0.2) is 17.1 Å². The van der Waals surface area contributed by atoms with Crippen molar-refractivity contribution in [3.63, 3.8) is 0 Å². The Morgan fingerprint density at radius 2 is 1.86 bits per heavy atom. The van der Waals surface area contributed by atoms with Gasteiger partial charge in [0.2, 0.25) is 12.7 Å². The van der Waals surface area contributed by atoms with Gasteiger partial charge in [-0.1, -0.05) is 30.3 Å². The van der Waals surface area contributed by atoms with Crippen LogP contribution in [0, 0.1) is 6.92 Å². The maximum absolute atomic E-state index is 5.91. The van der Waals surface area contributed by atoms with Crippen molar-refractivity contribution in [2.75, 3.05) is 6.79 Å². The second kappa shape index (κ2) is 7.28. The van der Waals surface area contributed by atoms with Gasteiger partial charge in [-0.05, 0) is 60.5 Å². The molecule has 0 saturated carbocycles. The van der Waals surface area contributed by atoms with Crippen LogP contribution in [0.1, 0.15) is 11.1 Å². The molecule has 0 spiro atoms. The molecule has 1 aliphatic rings.